The molecule has 2 aliphatic heterocycles. The summed E-state index contributed by atoms with van der Waals surface area (Å²) < 4.78 is 0. The standard InChI is InChI=1S/C48H60N10O2/c1-33-26-37(10-17-42(33)34(2)28-52-47(50-7)48(3,4)5)45-43-27-38(29-51-46(43)54-53-45)36-8-11-39(12-9-36)57-24-22-55(23-25-57)30-35-18-20-56(21-19-35)40-13-15-41(16-14-40)58(32-59)31-44(60)49-6/h8-17,26-29,32,34-35H,18-25,30-31H2,1-7H3,(H,49,60)(H,51,53,54)/t34-/m0/s1. The number of benzene rings is 3. The quantitative estimate of drug-likeness (QED) is 0.0756. The third kappa shape index (κ3) is 9.76. The topological polar surface area (TPSA) is 125 Å². The second-order valence-corrected chi connectivity index (χ2v) is 17.3. The lowest BCUT2D eigenvalue weighted by Gasteiger charge is -2.40. The minimum Gasteiger partial charge on any atom is -0.372 e. The van der Waals surface area contributed by atoms with Crippen LogP contribution in [0.4, 0.5) is 17.1 Å². The number of pyridine rings is 1. The second-order valence-electron chi connectivity index (χ2n) is 17.3. The fraction of sp³-hybridized carbons (Fsp3) is 0.417. The summed E-state index contributed by atoms with van der Waals surface area (Å²) in [6.45, 7) is 18.1. The summed E-state index contributed by atoms with van der Waals surface area (Å²) in [5.74, 6) is 1.48. The number of amidine groups is 1. The summed E-state index contributed by atoms with van der Waals surface area (Å²) in [5.41, 5.74) is 10.4. The van der Waals surface area contributed by atoms with E-state index in [4.69, 9.17) is 9.98 Å². The van der Waals surface area contributed by atoms with Crippen LogP contribution in [0.2, 0.25) is 0 Å². The van der Waals surface area contributed by atoms with E-state index in [9.17, 15) is 9.59 Å². The van der Waals surface area contributed by atoms with E-state index in [0.717, 1.165) is 104 Å². The van der Waals surface area contributed by atoms with Crippen molar-refractivity contribution in [3.8, 4) is 22.4 Å². The molecule has 7 rings (SSSR count). The molecule has 2 amide bonds. The van der Waals surface area contributed by atoms with Crippen molar-refractivity contribution in [1.82, 2.24) is 25.4 Å². The van der Waals surface area contributed by atoms with E-state index in [1.807, 2.05) is 24.5 Å². The Morgan fingerprint density at radius 1 is 0.917 bits per heavy atom. The summed E-state index contributed by atoms with van der Waals surface area (Å²) in [4.78, 5) is 46.2. The number of carbonyl (C=O) groups is 2. The van der Waals surface area contributed by atoms with E-state index < -0.39 is 0 Å². The fourth-order valence-electron chi connectivity index (χ4n) is 8.54. The number of aromatic nitrogens is 3. The van der Waals surface area contributed by atoms with Crippen LogP contribution in [0.3, 0.4) is 0 Å². The van der Waals surface area contributed by atoms with Gasteiger partial charge in [-0.3, -0.25) is 24.6 Å². The molecule has 0 radical (unpaired) electrons. The van der Waals surface area contributed by atoms with Crippen LogP contribution < -0.4 is 20.0 Å². The Bertz CT molecular complexity index is 2310. The van der Waals surface area contributed by atoms with Crippen LogP contribution in [0.5, 0.6) is 0 Å². The number of H-pyrrole nitrogens is 1. The second kappa shape index (κ2) is 18.6. The van der Waals surface area contributed by atoms with Crippen LogP contribution in [-0.2, 0) is 9.59 Å². The van der Waals surface area contributed by atoms with Crippen molar-refractivity contribution in [2.24, 2.45) is 21.3 Å². The number of anilines is 3. The zero-order valence-electron chi connectivity index (χ0n) is 36.3. The molecule has 2 saturated heterocycles. The molecule has 314 valence electrons. The first-order valence-corrected chi connectivity index (χ1v) is 21.3. The van der Waals surface area contributed by atoms with Crippen molar-refractivity contribution in [3.63, 3.8) is 0 Å². The van der Waals surface area contributed by atoms with E-state index in [1.165, 1.54) is 21.7 Å². The van der Waals surface area contributed by atoms with Gasteiger partial charge in [-0.2, -0.15) is 5.10 Å². The van der Waals surface area contributed by atoms with Gasteiger partial charge in [-0.15, -0.1) is 0 Å². The van der Waals surface area contributed by atoms with Gasteiger partial charge >= 0.3 is 0 Å². The predicted molar refractivity (Wildman–Crippen MR) is 247 cm³/mol. The largest absolute Gasteiger partial charge is 0.372 e. The lowest BCUT2D eigenvalue weighted by atomic mass is 9.93. The zero-order valence-corrected chi connectivity index (χ0v) is 36.3. The Labute approximate surface area is 354 Å². The molecule has 2 N–H and O–H groups in total. The number of aliphatic imine (C=N–C) groups is 2. The van der Waals surface area contributed by atoms with Gasteiger partial charge in [-0.1, -0.05) is 52.0 Å². The first-order chi connectivity index (χ1) is 28.9. The number of carbonyl (C=O) groups excluding carboxylic acids is 2. The van der Waals surface area contributed by atoms with Crippen molar-refractivity contribution in [2.45, 2.75) is 53.4 Å². The molecule has 0 bridgehead atoms. The molecule has 1 atom stereocenters. The molecule has 3 aromatic carbocycles. The van der Waals surface area contributed by atoms with Crippen molar-refractivity contribution in [3.05, 3.63) is 90.1 Å². The summed E-state index contributed by atoms with van der Waals surface area (Å²) in [6, 6.07) is 25.7. The van der Waals surface area contributed by atoms with Crippen molar-refractivity contribution < 1.29 is 9.59 Å². The molecular weight excluding hydrogens is 749 g/mol. The Morgan fingerprint density at radius 2 is 1.57 bits per heavy atom. The molecule has 0 unspecified atom stereocenters. The molecular formula is C48H60N10O2. The van der Waals surface area contributed by atoms with E-state index in [1.54, 1.807) is 14.1 Å². The molecule has 2 aromatic heterocycles. The Hall–Kier alpha value is -5.88. The number of aromatic amines is 1. The number of rotatable bonds is 12. The lowest BCUT2D eigenvalue weighted by molar-refractivity contribution is -0.120. The van der Waals surface area contributed by atoms with Crippen molar-refractivity contribution in [1.29, 1.82) is 0 Å². The van der Waals surface area contributed by atoms with Crippen LogP contribution in [-0.4, -0.2) is 111 Å². The molecule has 12 nitrogen and oxygen atoms in total. The third-order valence-electron chi connectivity index (χ3n) is 12.1. The summed E-state index contributed by atoms with van der Waals surface area (Å²) in [6.07, 6.45) is 6.95. The molecule has 0 aliphatic carbocycles. The summed E-state index contributed by atoms with van der Waals surface area (Å²) in [7, 11) is 3.38. The lowest BCUT2D eigenvalue weighted by Crippen LogP contribution is -2.49. The van der Waals surface area contributed by atoms with E-state index >= 15 is 0 Å². The molecule has 0 spiro atoms. The molecule has 4 heterocycles. The van der Waals surface area contributed by atoms with Crippen molar-refractivity contribution in [2.75, 3.05) is 81.2 Å². The summed E-state index contributed by atoms with van der Waals surface area (Å²) >= 11 is 0. The first-order valence-electron chi connectivity index (χ1n) is 21.3. The number of piperazine rings is 1. The smallest absolute Gasteiger partial charge is 0.239 e. The van der Waals surface area contributed by atoms with E-state index in [2.05, 4.69) is 130 Å². The van der Waals surface area contributed by atoms with Gasteiger partial charge in [-0.05, 0) is 90.9 Å². The molecule has 60 heavy (non-hydrogen) atoms. The minimum absolute atomic E-state index is 0.0123. The van der Waals surface area contributed by atoms with Gasteiger partial charge in [0.1, 0.15) is 12.4 Å². The van der Waals surface area contributed by atoms with Gasteiger partial charge < -0.3 is 20.0 Å². The molecule has 2 fully saturated rings. The maximum absolute atomic E-state index is 11.8. The number of likely N-dealkylation sites (N-methyl/N-ethyl adjacent to an activating group) is 1. The number of aryl methyl sites for hydroxylation is 1. The van der Waals surface area contributed by atoms with E-state index in [-0.39, 0.29) is 23.8 Å². The fourth-order valence-corrected chi connectivity index (χ4v) is 8.54. The van der Waals surface area contributed by atoms with Crippen LogP contribution in [0.25, 0.3) is 33.4 Å². The highest BCUT2D eigenvalue weighted by Crippen LogP contribution is 2.33. The number of fused-ring (bicyclic) bond motifs is 1. The molecule has 2 aliphatic rings. The molecule has 0 saturated carbocycles. The number of hydrogen-bond donors (Lipinski definition) is 2. The van der Waals surface area contributed by atoms with Crippen LogP contribution >= 0.6 is 0 Å². The average Bonchev–Trinajstić information content (AvgIpc) is 3.69. The Kier molecular flexibility index (Phi) is 13.1. The zero-order chi connectivity index (χ0) is 42.4. The number of amides is 2. The third-order valence-corrected chi connectivity index (χ3v) is 12.1. The predicted octanol–water partition coefficient (Wildman–Crippen LogP) is 7.60. The Morgan fingerprint density at radius 3 is 2.18 bits per heavy atom. The van der Waals surface area contributed by atoms with Gasteiger partial charge in [0.2, 0.25) is 12.3 Å². The molecule has 12 heteroatoms. The van der Waals surface area contributed by atoms with Crippen LogP contribution in [0, 0.1) is 18.3 Å². The monoisotopic (exact) mass is 808 g/mol. The molecule has 5 aromatic rings. The highest BCUT2D eigenvalue weighted by atomic mass is 16.2. The Balaban J connectivity index is 0.913. The number of nitrogens with one attached hydrogen (secondary N) is 2. The van der Waals surface area contributed by atoms with E-state index in [0.29, 0.717) is 18.0 Å². The SMILES string of the molecule is CN=C(N=C[C@H](C)c1ccc(-c2[nH]nc3ncc(-c4ccc(N5CCN(CC6CCN(c7ccc(N(C=O)CC(=O)NC)cc7)CC6)CC5)cc4)cc23)cc1C)C(C)(C)C. The van der Waals surface area contributed by atoms with Gasteiger partial charge in [0.25, 0.3) is 0 Å². The average molecular weight is 809 g/mol. The normalized spacial score (nSPS) is 16.4. The first kappa shape index (κ1) is 42.3. The van der Waals surface area contributed by atoms with Crippen LogP contribution in [0.15, 0.2) is 89.0 Å². The van der Waals surface area contributed by atoms with Gasteiger partial charge in [0.15, 0.2) is 5.65 Å². The number of piperidine rings is 1. The highest BCUT2D eigenvalue weighted by Gasteiger charge is 2.25. The summed E-state index contributed by atoms with van der Waals surface area (Å²) in [5, 5.41) is 11.4. The van der Waals surface area contributed by atoms with Gasteiger partial charge in [-0.25, -0.2) is 9.98 Å². The van der Waals surface area contributed by atoms with Crippen LogP contribution in [0.1, 0.15) is 57.6 Å². The highest BCUT2D eigenvalue weighted by molar-refractivity contribution is 5.95. The number of hydrogen-bond acceptors (Lipinski definition) is 8. The van der Waals surface area contributed by atoms with Crippen molar-refractivity contribution >= 4 is 52.5 Å². The maximum atomic E-state index is 11.8. The van der Waals surface area contributed by atoms with Gasteiger partial charge in [0.05, 0.1) is 5.69 Å². The maximum Gasteiger partial charge on any atom is 0.239 e. The minimum atomic E-state index is -0.198. The number of nitrogens with zero attached hydrogens (tertiary/aromatic N) is 8. The van der Waals surface area contributed by atoms with Gasteiger partial charge in [0, 0.05) is 117 Å².